The number of imide groups is 2. The number of ketones is 1. The molecule has 0 aromatic heterocycles. The molecule has 16 nitrogen and oxygen atoms in total. The van der Waals surface area contributed by atoms with E-state index < -0.39 is 46.9 Å². The maximum Gasteiger partial charge on any atom is 0.333 e. The Morgan fingerprint density at radius 2 is 1.22 bits per heavy atom. The highest BCUT2D eigenvalue weighted by Gasteiger charge is 2.40. The van der Waals surface area contributed by atoms with Gasteiger partial charge in [0.05, 0.1) is 29.3 Å². The summed E-state index contributed by atoms with van der Waals surface area (Å²) < 4.78 is 0. The molecule has 5 aliphatic rings. The highest BCUT2D eigenvalue weighted by Crippen LogP contribution is 2.46. The normalized spacial score (nSPS) is 23.1. The number of hydroxylamine groups is 4. The number of Topliss-reactive ketones (excluding diaryl/α,β-unsaturated/α-hetero) is 1. The van der Waals surface area contributed by atoms with Crippen LogP contribution in [0.15, 0.2) is 71.4 Å². The number of anilines is 3. The molecule has 2 fully saturated rings. The first kappa shape index (κ1) is 36.5. The van der Waals surface area contributed by atoms with Crippen LogP contribution < -0.4 is 26.5 Å². The van der Waals surface area contributed by atoms with E-state index in [0.717, 1.165) is 27.5 Å². The second-order valence-corrected chi connectivity index (χ2v) is 15.4. The molecule has 2 saturated heterocycles. The van der Waals surface area contributed by atoms with Gasteiger partial charge in [0.1, 0.15) is 17.1 Å². The lowest BCUT2D eigenvalue weighted by molar-refractivity contribution is -0.197. The Hall–Kier alpha value is -7.10. The highest BCUT2D eigenvalue weighted by atomic mass is 16.7. The van der Waals surface area contributed by atoms with Crippen molar-refractivity contribution in [3.05, 3.63) is 82.6 Å². The van der Waals surface area contributed by atoms with Gasteiger partial charge in [0.25, 0.3) is 23.6 Å². The van der Waals surface area contributed by atoms with Gasteiger partial charge in [-0.1, -0.05) is 36.4 Å². The molecule has 0 radical (unpaired) electrons. The number of hydrogen-bond donors (Lipinski definition) is 4. The lowest BCUT2D eigenvalue weighted by atomic mass is 9.79. The molecule has 58 heavy (non-hydrogen) atoms. The molecule has 4 aliphatic heterocycles. The molecule has 4 aromatic carbocycles. The van der Waals surface area contributed by atoms with Crippen LogP contribution in [0.4, 0.5) is 17.1 Å². The third-order valence-electron chi connectivity index (χ3n) is 11.2. The number of nitrogens with zero attached hydrogens (tertiary/aromatic N) is 3. The summed E-state index contributed by atoms with van der Waals surface area (Å²) in [6.07, 6.45) is 0.269. The van der Waals surface area contributed by atoms with E-state index in [1.165, 1.54) is 0 Å². The minimum atomic E-state index is -0.937. The molecule has 4 aromatic rings. The Kier molecular flexibility index (Phi) is 8.35. The molecule has 0 saturated carbocycles. The third-order valence-corrected chi connectivity index (χ3v) is 11.2. The average Bonchev–Trinajstić information content (AvgIpc) is 3.68. The van der Waals surface area contributed by atoms with Gasteiger partial charge in [0.15, 0.2) is 0 Å². The fourth-order valence-corrected chi connectivity index (χ4v) is 8.30. The maximum absolute atomic E-state index is 14.1. The second kappa shape index (κ2) is 13.2. The van der Waals surface area contributed by atoms with Crippen molar-refractivity contribution in [3.63, 3.8) is 0 Å². The van der Waals surface area contributed by atoms with E-state index in [4.69, 9.17) is 14.7 Å². The van der Waals surface area contributed by atoms with Gasteiger partial charge in [-0.05, 0) is 66.1 Å². The Morgan fingerprint density at radius 1 is 0.672 bits per heavy atom. The van der Waals surface area contributed by atoms with Crippen LogP contribution in [0.5, 0.6) is 0 Å². The molecular formula is C42H36N6O10. The fourth-order valence-electron chi connectivity index (χ4n) is 8.30. The SMILES string of the molecule is CC1(CCC(=O)ON2C(=O)CCC2=O)N=c2cc/c(=C3\C(=O)C(c4ccc5c6c(cccc46)NC(C)(CCC(=O)ON4C(=O)CCC4=O)N5)=C3O)c3cccc(c23)N1. The molecule has 0 spiro atoms. The number of allylic oxidation sites excluding steroid dienone is 2. The van der Waals surface area contributed by atoms with Crippen molar-refractivity contribution in [3.8, 4) is 0 Å². The minimum absolute atomic E-state index is 0.00516. The van der Waals surface area contributed by atoms with E-state index in [9.17, 15) is 38.7 Å². The number of benzene rings is 4. The lowest BCUT2D eigenvalue weighted by Crippen LogP contribution is -2.46. The van der Waals surface area contributed by atoms with Crippen molar-refractivity contribution in [2.75, 3.05) is 16.0 Å². The summed E-state index contributed by atoms with van der Waals surface area (Å²) in [5.74, 6) is -4.09. The standard InChI is InChI=1S/C42H36N6O10/c1-41(19-17-33(53)57-47-29(49)13-14-30(47)50)43-25-7-3-5-21-23(9-11-27(45-41)35(21)25)37-39(55)38(40(37)56)24-10-12-28-36-22(24)6-4-8-26(36)44-42(2,46-28)20-18-34(54)58-48-31(51)15-16-32(48)52/h3-12,43-45,55H,13-20H2,1-2H3/b38-24+. The Balaban J connectivity index is 0.978. The maximum atomic E-state index is 14.1. The molecule has 1 aliphatic carbocycles. The largest absolute Gasteiger partial charge is 0.506 e. The molecule has 294 valence electrons. The molecule has 4 N–H and O–H groups in total. The topological polar surface area (TPSA) is 213 Å². The van der Waals surface area contributed by atoms with E-state index in [1.54, 1.807) is 18.2 Å². The Labute approximate surface area is 329 Å². The fraction of sp³-hybridized carbons (Fsp3) is 0.286. The van der Waals surface area contributed by atoms with Gasteiger partial charge in [0.2, 0.25) is 5.78 Å². The van der Waals surface area contributed by atoms with Crippen molar-refractivity contribution in [1.29, 1.82) is 0 Å². The predicted octanol–water partition coefficient (Wildman–Crippen LogP) is 3.79. The van der Waals surface area contributed by atoms with Gasteiger partial charge in [-0.3, -0.25) is 29.0 Å². The number of aliphatic hydroxyl groups excluding tert-OH is 1. The smallest absolute Gasteiger partial charge is 0.333 e. The summed E-state index contributed by atoms with van der Waals surface area (Å²) in [4.78, 5) is 102. The van der Waals surface area contributed by atoms with Crippen LogP contribution in [0.25, 0.3) is 32.7 Å². The molecular weight excluding hydrogens is 748 g/mol. The number of aliphatic hydroxyl groups is 1. The van der Waals surface area contributed by atoms with Gasteiger partial charge in [-0.15, -0.1) is 10.1 Å². The molecule has 2 unspecified atom stereocenters. The molecule has 2 atom stereocenters. The van der Waals surface area contributed by atoms with Crippen molar-refractivity contribution in [2.45, 2.75) is 76.5 Å². The number of amides is 4. The summed E-state index contributed by atoms with van der Waals surface area (Å²) in [6, 6.07) is 18.2. The summed E-state index contributed by atoms with van der Waals surface area (Å²) >= 11 is 0. The van der Waals surface area contributed by atoms with Gasteiger partial charge >= 0.3 is 11.9 Å². The third kappa shape index (κ3) is 5.99. The summed E-state index contributed by atoms with van der Waals surface area (Å²) in [6.45, 7) is 3.69. The summed E-state index contributed by atoms with van der Waals surface area (Å²) in [7, 11) is 0. The van der Waals surface area contributed by atoms with Crippen molar-refractivity contribution >= 4 is 91.1 Å². The number of rotatable bonds is 9. The summed E-state index contributed by atoms with van der Waals surface area (Å²) in [5, 5.41) is 27.1. The van der Waals surface area contributed by atoms with Crippen LogP contribution in [0, 0.1) is 0 Å². The first-order valence-electron chi connectivity index (χ1n) is 18.9. The lowest BCUT2D eigenvalue weighted by Gasteiger charge is -2.39. The van der Waals surface area contributed by atoms with Gasteiger partial charge in [-0.25, -0.2) is 9.59 Å². The van der Waals surface area contributed by atoms with E-state index >= 15 is 0 Å². The quantitative estimate of drug-likeness (QED) is 0.178. The van der Waals surface area contributed by atoms with Crippen LogP contribution in [-0.4, -0.2) is 67.9 Å². The van der Waals surface area contributed by atoms with Gasteiger partial charge in [-0.2, -0.15) is 0 Å². The molecule has 0 bridgehead atoms. The van der Waals surface area contributed by atoms with Crippen LogP contribution in [0.1, 0.15) is 70.8 Å². The minimum Gasteiger partial charge on any atom is -0.506 e. The van der Waals surface area contributed by atoms with Crippen molar-refractivity contribution < 1.29 is 48.3 Å². The summed E-state index contributed by atoms with van der Waals surface area (Å²) in [5.41, 5.74) is 1.35. The second-order valence-electron chi connectivity index (χ2n) is 15.4. The average molecular weight is 785 g/mol. The van der Waals surface area contributed by atoms with E-state index in [2.05, 4.69) is 16.0 Å². The van der Waals surface area contributed by atoms with E-state index in [1.807, 2.05) is 56.3 Å². The van der Waals surface area contributed by atoms with Crippen molar-refractivity contribution in [1.82, 2.24) is 10.1 Å². The van der Waals surface area contributed by atoms with Gasteiger partial charge in [0, 0.05) is 59.9 Å². The number of carbonyl (C=O) groups is 7. The molecule has 4 heterocycles. The monoisotopic (exact) mass is 784 g/mol. The van der Waals surface area contributed by atoms with E-state index in [0.29, 0.717) is 37.3 Å². The molecule has 4 amide bonds. The van der Waals surface area contributed by atoms with E-state index in [-0.39, 0.29) is 74.1 Å². The first-order valence-corrected chi connectivity index (χ1v) is 18.9. The van der Waals surface area contributed by atoms with Crippen LogP contribution in [0.3, 0.4) is 0 Å². The van der Waals surface area contributed by atoms with Crippen LogP contribution >= 0.6 is 0 Å². The highest BCUT2D eigenvalue weighted by molar-refractivity contribution is 6.53. The number of carbonyl (C=O) groups excluding carboxylic acids is 7. The predicted molar refractivity (Wildman–Crippen MR) is 207 cm³/mol. The number of nitrogens with one attached hydrogen (secondary N) is 3. The first-order chi connectivity index (χ1) is 27.7. The van der Waals surface area contributed by atoms with Crippen LogP contribution in [-0.2, 0) is 43.2 Å². The number of hydrogen-bond acceptors (Lipinski definition) is 14. The molecule has 9 rings (SSSR count). The zero-order valence-corrected chi connectivity index (χ0v) is 31.4. The van der Waals surface area contributed by atoms with Gasteiger partial charge < -0.3 is 30.7 Å². The zero-order valence-electron chi connectivity index (χ0n) is 31.4. The van der Waals surface area contributed by atoms with Crippen molar-refractivity contribution in [2.24, 2.45) is 4.99 Å². The van der Waals surface area contributed by atoms with Crippen LogP contribution in [0.2, 0.25) is 0 Å². The Morgan fingerprint density at radius 3 is 1.83 bits per heavy atom. The Bertz CT molecular complexity index is 2730. The zero-order chi connectivity index (χ0) is 40.7. The molecule has 16 heteroatoms.